The van der Waals surface area contributed by atoms with Crippen molar-refractivity contribution >= 4 is 11.7 Å². The molecule has 0 radical (unpaired) electrons. The Morgan fingerprint density at radius 2 is 1.67 bits per heavy atom. The minimum absolute atomic E-state index is 0.0251. The smallest absolute Gasteiger partial charge is 0.261 e. The molecule has 1 fully saturated rings. The fraction of sp³-hybridized carbons (Fsp3) is 0.739. The Kier molecular flexibility index (Phi) is 9.65. The van der Waals surface area contributed by atoms with Gasteiger partial charge in [0.1, 0.15) is 11.3 Å². The van der Waals surface area contributed by atoms with Crippen LogP contribution in [0.1, 0.15) is 96.8 Å². The van der Waals surface area contributed by atoms with Gasteiger partial charge in [-0.05, 0) is 44.9 Å². The average molecular weight is 376 g/mol. The lowest BCUT2D eigenvalue weighted by Gasteiger charge is -2.14. The van der Waals surface area contributed by atoms with E-state index in [4.69, 9.17) is 0 Å². The van der Waals surface area contributed by atoms with Crippen LogP contribution in [0.2, 0.25) is 0 Å². The molecule has 1 amide bonds. The van der Waals surface area contributed by atoms with Crippen LogP contribution in [-0.2, 0) is 9.59 Å². The molecule has 2 rings (SSSR count). The molecule has 1 saturated heterocycles. The topological polar surface area (TPSA) is 57.6 Å². The summed E-state index contributed by atoms with van der Waals surface area (Å²) < 4.78 is 0. The van der Waals surface area contributed by atoms with E-state index < -0.39 is 0 Å². The number of nitrogens with zero attached hydrogens (tertiary/aromatic N) is 1. The monoisotopic (exact) mass is 375 g/mol. The predicted octanol–water partition coefficient (Wildman–Crippen LogP) is 5.63. The lowest BCUT2D eigenvalue weighted by atomic mass is 10.0. The molecule has 0 saturated carbocycles. The predicted molar refractivity (Wildman–Crippen MR) is 110 cm³/mol. The van der Waals surface area contributed by atoms with Crippen LogP contribution < -0.4 is 0 Å². The SMILES string of the molecule is CCCCCCCCCC=CCCCCC(=O)C1=C(O)C2CCCN2C1=O. The average Bonchev–Trinajstić information content (AvgIpc) is 3.23. The number of allylic oxidation sites excluding steroid dienone is 2. The van der Waals surface area contributed by atoms with Crippen molar-refractivity contribution in [3.63, 3.8) is 0 Å². The summed E-state index contributed by atoms with van der Waals surface area (Å²) in [5.74, 6) is -0.411. The van der Waals surface area contributed by atoms with E-state index in [9.17, 15) is 14.7 Å². The number of carbonyl (C=O) groups is 2. The zero-order valence-corrected chi connectivity index (χ0v) is 17.0. The van der Waals surface area contributed by atoms with E-state index in [1.165, 1.54) is 44.9 Å². The van der Waals surface area contributed by atoms with Crippen LogP contribution in [-0.4, -0.2) is 34.3 Å². The highest BCUT2D eigenvalue weighted by Crippen LogP contribution is 2.33. The second-order valence-corrected chi connectivity index (χ2v) is 7.97. The molecule has 4 nitrogen and oxygen atoms in total. The van der Waals surface area contributed by atoms with Crippen molar-refractivity contribution < 1.29 is 14.7 Å². The molecule has 4 heteroatoms. The maximum Gasteiger partial charge on any atom is 0.261 e. The lowest BCUT2D eigenvalue weighted by Crippen LogP contribution is -2.30. The van der Waals surface area contributed by atoms with Crippen molar-refractivity contribution in [3.05, 3.63) is 23.5 Å². The summed E-state index contributed by atoms with van der Waals surface area (Å²) in [4.78, 5) is 26.2. The summed E-state index contributed by atoms with van der Waals surface area (Å²) in [6, 6.07) is -0.231. The molecule has 1 N–H and O–H groups in total. The van der Waals surface area contributed by atoms with E-state index in [1.807, 2.05) is 0 Å². The van der Waals surface area contributed by atoms with Crippen LogP contribution in [0.15, 0.2) is 23.5 Å². The quantitative estimate of drug-likeness (QED) is 0.243. The second-order valence-electron chi connectivity index (χ2n) is 7.97. The standard InChI is InChI=1S/C23H37NO3/c1-2-3-4-5-6-7-8-9-10-11-12-13-14-17-20(25)21-22(26)19-16-15-18-24(19)23(21)27/h10-11,19,26H,2-9,12-18H2,1H3. The third-order valence-corrected chi connectivity index (χ3v) is 5.74. The molecule has 152 valence electrons. The maximum absolute atomic E-state index is 12.3. The Labute approximate surface area is 164 Å². The van der Waals surface area contributed by atoms with E-state index in [0.717, 1.165) is 38.5 Å². The molecule has 0 aliphatic carbocycles. The highest BCUT2D eigenvalue weighted by Gasteiger charge is 2.44. The van der Waals surface area contributed by atoms with Gasteiger partial charge in [0.25, 0.3) is 5.91 Å². The maximum atomic E-state index is 12.3. The first-order valence-electron chi connectivity index (χ1n) is 11.1. The van der Waals surface area contributed by atoms with Crippen LogP contribution in [0, 0.1) is 0 Å². The van der Waals surface area contributed by atoms with Crippen molar-refractivity contribution in [1.29, 1.82) is 0 Å². The Hall–Kier alpha value is -1.58. The number of amides is 1. The first-order valence-corrected chi connectivity index (χ1v) is 11.1. The van der Waals surface area contributed by atoms with Gasteiger partial charge in [-0.3, -0.25) is 9.59 Å². The van der Waals surface area contributed by atoms with Crippen LogP contribution in [0.4, 0.5) is 0 Å². The number of rotatable bonds is 14. The van der Waals surface area contributed by atoms with E-state index in [-0.39, 0.29) is 29.1 Å². The number of hydrogen-bond donors (Lipinski definition) is 1. The Morgan fingerprint density at radius 1 is 1.04 bits per heavy atom. The molecule has 0 bridgehead atoms. The van der Waals surface area contributed by atoms with Gasteiger partial charge < -0.3 is 10.0 Å². The van der Waals surface area contributed by atoms with Gasteiger partial charge in [0.05, 0.1) is 6.04 Å². The van der Waals surface area contributed by atoms with Gasteiger partial charge in [0.15, 0.2) is 5.78 Å². The molecular formula is C23H37NO3. The largest absolute Gasteiger partial charge is 0.509 e. The fourth-order valence-corrected chi connectivity index (χ4v) is 4.10. The highest BCUT2D eigenvalue weighted by atomic mass is 16.3. The number of hydrogen-bond acceptors (Lipinski definition) is 3. The zero-order valence-electron chi connectivity index (χ0n) is 17.0. The van der Waals surface area contributed by atoms with Crippen LogP contribution in [0.5, 0.6) is 0 Å². The summed E-state index contributed by atoms with van der Waals surface area (Å²) in [6.45, 7) is 2.91. The molecule has 0 aromatic rings. The number of unbranched alkanes of at least 4 members (excludes halogenated alkanes) is 9. The number of aliphatic hydroxyl groups is 1. The molecule has 0 aromatic heterocycles. The van der Waals surface area contributed by atoms with Crippen molar-refractivity contribution in [3.8, 4) is 0 Å². The van der Waals surface area contributed by atoms with E-state index in [2.05, 4.69) is 19.1 Å². The molecule has 2 aliphatic heterocycles. The second kappa shape index (κ2) is 12.0. The Morgan fingerprint density at radius 3 is 2.33 bits per heavy atom. The molecule has 0 aromatic carbocycles. The fourth-order valence-electron chi connectivity index (χ4n) is 4.10. The number of ketones is 1. The zero-order chi connectivity index (χ0) is 19.5. The van der Waals surface area contributed by atoms with Gasteiger partial charge >= 0.3 is 0 Å². The third kappa shape index (κ3) is 6.51. The molecule has 2 heterocycles. The summed E-state index contributed by atoms with van der Waals surface area (Å²) >= 11 is 0. The van der Waals surface area contributed by atoms with Gasteiger partial charge in [0.2, 0.25) is 0 Å². The van der Waals surface area contributed by atoms with Crippen molar-refractivity contribution in [2.45, 2.75) is 103 Å². The first kappa shape index (κ1) is 21.7. The molecule has 0 spiro atoms. The van der Waals surface area contributed by atoms with Gasteiger partial charge in [0, 0.05) is 13.0 Å². The summed E-state index contributed by atoms with van der Waals surface area (Å²) in [5.41, 5.74) is 0.0641. The minimum atomic E-state index is -0.255. The molecular weight excluding hydrogens is 338 g/mol. The van der Waals surface area contributed by atoms with Gasteiger partial charge in [-0.15, -0.1) is 0 Å². The van der Waals surface area contributed by atoms with Gasteiger partial charge in [-0.2, -0.15) is 0 Å². The molecule has 2 aliphatic rings. The summed E-state index contributed by atoms with van der Waals surface area (Å²) in [6.07, 6.45) is 19.8. The number of carbonyl (C=O) groups excluding carboxylic acids is 2. The summed E-state index contributed by atoms with van der Waals surface area (Å²) in [7, 11) is 0. The first-order chi connectivity index (χ1) is 13.2. The molecule has 1 atom stereocenters. The third-order valence-electron chi connectivity index (χ3n) is 5.74. The van der Waals surface area contributed by atoms with Crippen molar-refractivity contribution in [1.82, 2.24) is 4.90 Å². The van der Waals surface area contributed by atoms with Crippen LogP contribution >= 0.6 is 0 Å². The highest BCUT2D eigenvalue weighted by molar-refractivity contribution is 6.21. The molecule has 1 unspecified atom stereocenters. The van der Waals surface area contributed by atoms with Gasteiger partial charge in [-0.25, -0.2) is 0 Å². The number of Topliss-reactive ketones (excluding diaryl/α,β-unsaturated/α-hetero) is 1. The van der Waals surface area contributed by atoms with E-state index >= 15 is 0 Å². The van der Waals surface area contributed by atoms with E-state index in [1.54, 1.807) is 4.90 Å². The normalized spacial score (nSPS) is 19.5. The molecule has 27 heavy (non-hydrogen) atoms. The number of aliphatic hydroxyl groups excluding tert-OH is 1. The van der Waals surface area contributed by atoms with E-state index in [0.29, 0.717) is 13.0 Å². The van der Waals surface area contributed by atoms with Crippen molar-refractivity contribution in [2.24, 2.45) is 0 Å². The van der Waals surface area contributed by atoms with Crippen LogP contribution in [0.25, 0.3) is 0 Å². The number of fused-ring (bicyclic) bond motifs is 1. The summed E-state index contributed by atoms with van der Waals surface area (Å²) in [5, 5.41) is 10.2. The Bertz CT molecular complexity index is 550. The minimum Gasteiger partial charge on any atom is -0.509 e. The van der Waals surface area contributed by atoms with Crippen molar-refractivity contribution in [2.75, 3.05) is 6.54 Å². The van der Waals surface area contributed by atoms with Crippen LogP contribution in [0.3, 0.4) is 0 Å². The lowest BCUT2D eigenvalue weighted by molar-refractivity contribution is -0.128. The van der Waals surface area contributed by atoms with Gasteiger partial charge in [-0.1, -0.05) is 57.6 Å². The Balaban J connectivity index is 1.51.